The fourth-order valence-electron chi connectivity index (χ4n) is 3.69. The van der Waals surface area contributed by atoms with Gasteiger partial charge in [-0.15, -0.1) is 11.3 Å². The van der Waals surface area contributed by atoms with Gasteiger partial charge in [0.15, 0.2) is 21.4 Å². The Bertz CT molecular complexity index is 1130. The van der Waals surface area contributed by atoms with Crippen molar-refractivity contribution in [3.63, 3.8) is 0 Å². The molecule has 0 unspecified atom stereocenters. The van der Waals surface area contributed by atoms with Crippen LogP contribution in [0.4, 0.5) is 0 Å². The van der Waals surface area contributed by atoms with E-state index in [4.69, 9.17) is 4.74 Å². The number of sulfone groups is 1. The summed E-state index contributed by atoms with van der Waals surface area (Å²) in [6.07, 6.45) is -0.713. The molecule has 0 aromatic carbocycles. The van der Waals surface area contributed by atoms with Crippen LogP contribution in [0.15, 0.2) is 14.5 Å². The average Bonchev–Trinajstić information content (AvgIpc) is 3.12. The summed E-state index contributed by atoms with van der Waals surface area (Å²) in [5, 5.41) is 2.57. The summed E-state index contributed by atoms with van der Waals surface area (Å²) in [6.45, 7) is 12.8. The maximum atomic E-state index is 13.2. The predicted octanol–water partition coefficient (Wildman–Crippen LogP) is 2.36. The molecule has 2 N–H and O–H groups in total. The number of hydrogen-bond donors (Lipinski definition) is 2. The van der Waals surface area contributed by atoms with Crippen LogP contribution in [0.1, 0.15) is 73.4 Å². The molecule has 2 rings (SSSR count). The Kier molecular flexibility index (Phi) is 8.05. The average molecular weight is 523 g/mol. The zero-order valence-electron chi connectivity index (χ0n) is 20.3. The number of carbonyl (C=O) groups is 2. The topological polar surface area (TPSA) is 136 Å². The molecule has 9 nitrogen and oxygen atoms in total. The third-order valence-electron chi connectivity index (χ3n) is 5.84. The summed E-state index contributed by atoms with van der Waals surface area (Å²) < 4.78 is 59.9. The third kappa shape index (κ3) is 5.73. The number of ether oxygens (including phenoxy) is 1. The predicted molar refractivity (Wildman–Crippen MR) is 127 cm³/mol. The molecule has 0 saturated heterocycles. The lowest BCUT2D eigenvalue weighted by Gasteiger charge is -2.31. The Balaban J connectivity index is 2.36. The molecule has 12 heteroatoms. The Morgan fingerprint density at radius 2 is 1.85 bits per heavy atom. The molecule has 0 fully saturated rings. The molecule has 0 radical (unpaired) electrons. The summed E-state index contributed by atoms with van der Waals surface area (Å²) in [4.78, 5) is 24.7. The number of thiophene rings is 1. The molecule has 0 aliphatic carbocycles. The van der Waals surface area contributed by atoms with Crippen molar-refractivity contribution in [3.8, 4) is 0 Å². The summed E-state index contributed by atoms with van der Waals surface area (Å²) >= 11 is 0.692. The van der Waals surface area contributed by atoms with Gasteiger partial charge in [-0.2, -0.15) is 4.72 Å². The normalized spacial score (nSPS) is 21.9. The molecular weight excluding hydrogens is 488 g/mol. The van der Waals surface area contributed by atoms with Crippen molar-refractivity contribution in [1.82, 2.24) is 10.0 Å². The first-order chi connectivity index (χ1) is 14.9. The van der Waals surface area contributed by atoms with Crippen LogP contribution in [0, 0.1) is 0 Å². The van der Waals surface area contributed by atoms with Crippen LogP contribution in [0.3, 0.4) is 0 Å². The number of nitrogens with one attached hydrogen (secondary N) is 2. The Morgan fingerprint density at radius 1 is 1.27 bits per heavy atom. The van der Waals surface area contributed by atoms with Crippen LogP contribution in [0.25, 0.3) is 0 Å². The summed E-state index contributed by atoms with van der Waals surface area (Å²) in [6, 6.07) is 1.10. The Morgan fingerprint density at radius 3 is 2.36 bits per heavy atom. The fraction of sp³-hybridized carbons (Fsp3) is 0.714. The largest absolute Gasteiger partial charge is 0.357 e. The van der Waals surface area contributed by atoms with Crippen LogP contribution in [-0.4, -0.2) is 57.4 Å². The zero-order valence-corrected chi connectivity index (χ0v) is 22.8. The van der Waals surface area contributed by atoms with E-state index < -0.39 is 48.1 Å². The Hall–Kier alpha value is -1.18. The van der Waals surface area contributed by atoms with Gasteiger partial charge in [0.25, 0.3) is 10.0 Å². The lowest BCUT2D eigenvalue weighted by atomic mass is 9.96. The number of fused-ring (bicyclic) bond motifs is 1. The number of sulfonamides is 1. The third-order valence-corrected chi connectivity index (χ3v) is 11.9. The monoisotopic (exact) mass is 522 g/mol. The van der Waals surface area contributed by atoms with Crippen LogP contribution >= 0.6 is 11.3 Å². The summed E-state index contributed by atoms with van der Waals surface area (Å²) in [5.41, 5.74) is -2.34. The standard InChI is InChI=1S/C21H34N2O7S3/c1-9-22-16-10-12(2)32(26,27)19-15(16)11-17(31-19)33(28,29)23-20(5,6)18(25)13(3)30-21(7,8)14(4)24/h11-13,16,22-23H,9-10H2,1-8H3/t12-,13-,16-/m0/s1. The minimum absolute atomic E-state index is 0.0385. The van der Waals surface area contributed by atoms with Gasteiger partial charge >= 0.3 is 0 Å². The first kappa shape index (κ1) is 28.1. The van der Waals surface area contributed by atoms with Gasteiger partial charge in [-0.05, 0) is 67.5 Å². The molecule has 0 bridgehead atoms. The van der Waals surface area contributed by atoms with Gasteiger partial charge in [0, 0.05) is 11.6 Å². The molecule has 2 heterocycles. The summed E-state index contributed by atoms with van der Waals surface area (Å²) in [5.74, 6) is -0.830. The SMILES string of the molecule is CCN[C@H]1C[C@H](C)S(=O)(=O)c2sc(S(=O)(=O)NC(C)(C)C(=O)[C@H](C)OC(C)(C)C(C)=O)cc21. The van der Waals surface area contributed by atoms with Crippen molar-refractivity contribution in [2.75, 3.05) is 6.54 Å². The fourth-order valence-corrected chi connectivity index (χ4v) is 9.08. The van der Waals surface area contributed by atoms with Crippen molar-refractivity contribution in [1.29, 1.82) is 0 Å². The first-order valence-corrected chi connectivity index (χ1v) is 14.6. The molecule has 188 valence electrons. The van der Waals surface area contributed by atoms with Gasteiger partial charge in [0.2, 0.25) is 0 Å². The van der Waals surface area contributed by atoms with E-state index in [0.29, 0.717) is 29.9 Å². The van der Waals surface area contributed by atoms with E-state index in [-0.39, 0.29) is 20.2 Å². The highest BCUT2D eigenvalue weighted by Crippen LogP contribution is 2.43. The summed E-state index contributed by atoms with van der Waals surface area (Å²) in [7, 11) is -7.87. The second-order valence-electron chi connectivity index (χ2n) is 9.43. The van der Waals surface area contributed by atoms with Crippen molar-refractivity contribution < 1.29 is 31.2 Å². The van der Waals surface area contributed by atoms with Gasteiger partial charge in [0.05, 0.1) is 10.8 Å². The number of hydrogen-bond acceptors (Lipinski definition) is 9. The lowest BCUT2D eigenvalue weighted by molar-refractivity contribution is -0.154. The molecule has 1 aromatic heterocycles. The van der Waals surface area contributed by atoms with E-state index in [0.717, 1.165) is 0 Å². The number of ketones is 2. The van der Waals surface area contributed by atoms with E-state index >= 15 is 0 Å². The quantitative estimate of drug-likeness (QED) is 0.478. The number of Topliss-reactive ketones (excluding diaryl/α,β-unsaturated/α-hetero) is 2. The smallest absolute Gasteiger partial charge is 0.250 e. The Labute approximate surface area is 200 Å². The van der Waals surface area contributed by atoms with Gasteiger partial charge < -0.3 is 10.1 Å². The molecule has 33 heavy (non-hydrogen) atoms. The van der Waals surface area contributed by atoms with Crippen LogP contribution in [0.5, 0.6) is 0 Å². The molecular formula is C21H34N2O7S3. The lowest BCUT2D eigenvalue weighted by Crippen LogP contribution is -2.54. The van der Waals surface area contributed by atoms with Crippen molar-refractivity contribution >= 4 is 42.8 Å². The van der Waals surface area contributed by atoms with Crippen LogP contribution < -0.4 is 10.0 Å². The van der Waals surface area contributed by atoms with Crippen molar-refractivity contribution in [2.24, 2.45) is 0 Å². The molecule has 1 aliphatic heterocycles. The van der Waals surface area contributed by atoms with Gasteiger partial charge in [-0.25, -0.2) is 16.8 Å². The molecule has 1 aliphatic rings. The van der Waals surface area contributed by atoms with E-state index in [1.165, 1.54) is 47.6 Å². The van der Waals surface area contributed by atoms with Gasteiger partial charge in [-0.1, -0.05) is 6.92 Å². The van der Waals surface area contributed by atoms with Crippen molar-refractivity contribution in [2.45, 2.75) is 98.8 Å². The van der Waals surface area contributed by atoms with E-state index in [1.807, 2.05) is 6.92 Å². The number of carbonyl (C=O) groups excluding carboxylic acids is 2. The molecule has 1 aromatic rings. The molecule has 0 saturated carbocycles. The minimum Gasteiger partial charge on any atom is -0.357 e. The maximum Gasteiger partial charge on any atom is 0.250 e. The minimum atomic E-state index is -4.22. The highest BCUT2D eigenvalue weighted by molar-refractivity contribution is 7.95. The molecule has 0 spiro atoms. The molecule has 3 atom stereocenters. The second kappa shape index (κ2) is 9.46. The van der Waals surface area contributed by atoms with Crippen LogP contribution in [-0.2, 0) is 34.2 Å². The highest BCUT2D eigenvalue weighted by Gasteiger charge is 2.42. The van der Waals surface area contributed by atoms with E-state index in [1.54, 1.807) is 6.92 Å². The van der Waals surface area contributed by atoms with Gasteiger partial charge in [-0.3, -0.25) is 9.59 Å². The van der Waals surface area contributed by atoms with Crippen molar-refractivity contribution in [3.05, 3.63) is 11.6 Å². The van der Waals surface area contributed by atoms with E-state index in [9.17, 15) is 26.4 Å². The van der Waals surface area contributed by atoms with E-state index in [2.05, 4.69) is 10.0 Å². The number of rotatable bonds is 10. The first-order valence-electron chi connectivity index (χ1n) is 10.7. The molecule has 0 amide bonds. The second-order valence-corrected chi connectivity index (χ2v) is 15.0. The van der Waals surface area contributed by atoms with Crippen LogP contribution in [0.2, 0.25) is 0 Å². The maximum absolute atomic E-state index is 13.2. The highest BCUT2D eigenvalue weighted by atomic mass is 32.3. The zero-order chi connectivity index (χ0) is 25.6. The van der Waals surface area contributed by atoms with Gasteiger partial charge in [0.1, 0.15) is 20.1 Å².